The van der Waals surface area contributed by atoms with E-state index in [2.05, 4.69) is 27.8 Å². The quantitative estimate of drug-likeness (QED) is 0.368. The molecule has 0 radical (unpaired) electrons. The Morgan fingerprint density at radius 1 is 1.12 bits per heavy atom. The molecule has 0 fully saturated rings. The number of fused-ring (bicyclic) bond motifs is 2. The number of nitrogens with one attached hydrogen (secondary N) is 3. The monoisotopic (exact) mass is 463 g/mol. The van der Waals surface area contributed by atoms with Crippen molar-refractivity contribution in [2.24, 2.45) is 0 Å². The lowest BCUT2D eigenvalue weighted by atomic mass is 10.0. The summed E-state index contributed by atoms with van der Waals surface area (Å²) in [5.41, 5.74) is 3.63. The largest absolute Gasteiger partial charge is 0.351 e. The highest BCUT2D eigenvalue weighted by Gasteiger charge is 2.36. The maximum absolute atomic E-state index is 13.1. The van der Waals surface area contributed by atoms with Gasteiger partial charge in [-0.3, -0.25) is 14.9 Å². The van der Waals surface area contributed by atoms with E-state index < -0.39 is 6.04 Å². The molecule has 1 amide bonds. The van der Waals surface area contributed by atoms with Gasteiger partial charge in [-0.25, -0.2) is 0 Å². The number of hydrogen-bond donors (Lipinski definition) is 3. The molecule has 162 valence electrons. The summed E-state index contributed by atoms with van der Waals surface area (Å²) in [5, 5.41) is 10.2. The van der Waals surface area contributed by atoms with Crippen molar-refractivity contribution in [2.75, 3.05) is 0 Å². The lowest BCUT2D eigenvalue weighted by Gasteiger charge is -2.27. The number of H-pyrrole nitrogens is 1. The van der Waals surface area contributed by atoms with Gasteiger partial charge in [0.2, 0.25) is 0 Å². The van der Waals surface area contributed by atoms with Crippen LogP contribution in [0.4, 0.5) is 0 Å². The maximum Gasteiger partial charge on any atom is 0.268 e. The second kappa shape index (κ2) is 8.54. The normalized spacial score (nSPS) is 18.4. The van der Waals surface area contributed by atoms with Gasteiger partial charge >= 0.3 is 0 Å². The maximum atomic E-state index is 13.1. The Hall–Kier alpha value is -2.93. The number of halogens is 1. The van der Waals surface area contributed by atoms with Crippen LogP contribution in [0, 0.1) is 0 Å². The van der Waals surface area contributed by atoms with E-state index >= 15 is 0 Å². The number of Topliss-reactive ketones (excluding diaryl/α,β-unsaturated/α-hetero) is 1. The predicted molar refractivity (Wildman–Crippen MR) is 128 cm³/mol. The number of amides is 1. The Morgan fingerprint density at radius 3 is 2.75 bits per heavy atom. The second-order valence-corrected chi connectivity index (χ2v) is 9.52. The third-order valence-corrected chi connectivity index (χ3v) is 7.13. The van der Waals surface area contributed by atoms with Crippen LogP contribution in [0.25, 0.3) is 10.9 Å². The number of rotatable bonds is 6. The van der Waals surface area contributed by atoms with E-state index in [4.69, 9.17) is 11.6 Å². The van der Waals surface area contributed by atoms with Crippen molar-refractivity contribution < 1.29 is 9.59 Å². The first-order valence-corrected chi connectivity index (χ1v) is 11.7. The summed E-state index contributed by atoms with van der Waals surface area (Å²) < 4.78 is 0. The van der Waals surface area contributed by atoms with Crippen LogP contribution in [0.5, 0.6) is 0 Å². The van der Waals surface area contributed by atoms with Gasteiger partial charge in [0, 0.05) is 20.8 Å². The van der Waals surface area contributed by atoms with Crippen LogP contribution in [0.1, 0.15) is 45.5 Å². The van der Waals surface area contributed by atoms with Crippen molar-refractivity contribution in [1.82, 2.24) is 15.6 Å². The molecule has 0 spiro atoms. The zero-order valence-electron chi connectivity index (χ0n) is 17.4. The SMILES string of the molecule is CC(=O)C(N[C@H]1c2ccccc2C[C@@H]1NC(=O)c1cc2cc(Cl)ccc2[nH]1)c1cccs1. The molecule has 2 heterocycles. The molecule has 2 aromatic carbocycles. The summed E-state index contributed by atoms with van der Waals surface area (Å²) in [4.78, 5) is 29.7. The Bertz CT molecular complexity index is 1300. The molecule has 0 aliphatic heterocycles. The fourth-order valence-corrected chi connectivity index (χ4v) is 5.46. The average molecular weight is 464 g/mol. The molecule has 3 atom stereocenters. The van der Waals surface area contributed by atoms with Crippen molar-refractivity contribution in [3.05, 3.63) is 92.8 Å². The van der Waals surface area contributed by atoms with Gasteiger partial charge in [-0.2, -0.15) is 0 Å². The van der Waals surface area contributed by atoms with E-state index in [-0.39, 0.29) is 23.8 Å². The van der Waals surface area contributed by atoms with Crippen molar-refractivity contribution >= 4 is 45.5 Å². The minimum Gasteiger partial charge on any atom is -0.351 e. The minimum atomic E-state index is -0.416. The molecule has 2 aromatic heterocycles. The second-order valence-electron chi connectivity index (χ2n) is 8.10. The van der Waals surface area contributed by atoms with Gasteiger partial charge in [0.25, 0.3) is 5.91 Å². The smallest absolute Gasteiger partial charge is 0.268 e. The van der Waals surface area contributed by atoms with Crippen LogP contribution in [0.2, 0.25) is 5.02 Å². The summed E-state index contributed by atoms with van der Waals surface area (Å²) in [6.45, 7) is 1.60. The van der Waals surface area contributed by atoms with Crippen molar-refractivity contribution in [2.45, 2.75) is 31.5 Å². The van der Waals surface area contributed by atoms with Crippen LogP contribution < -0.4 is 10.6 Å². The molecule has 32 heavy (non-hydrogen) atoms. The molecular weight excluding hydrogens is 442 g/mol. The van der Waals surface area contributed by atoms with Crippen molar-refractivity contribution in [3.8, 4) is 0 Å². The van der Waals surface area contributed by atoms with Gasteiger partial charge in [-0.15, -0.1) is 11.3 Å². The van der Waals surface area contributed by atoms with E-state index in [1.165, 1.54) is 5.56 Å². The zero-order chi connectivity index (χ0) is 22.2. The van der Waals surface area contributed by atoms with Gasteiger partial charge in [0.1, 0.15) is 11.7 Å². The molecule has 0 saturated heterocycles. The summed E-state index contributed by atoms with van der Waals surface area (Å²) >= 11 is 7.64. The number of hydrogen-bond acceptors (Lipinski definition) is 4. The summed E-state index contributed by atoms with van der Waals surface area (Å²) in [5.74, 6) is -0.133. The van der Waals surface area contributed by atoms with E-state index in [0.717, 1.165) is 21.3 Å². The van der Waals surface area contributed by atoms with Crippen molar-refractivity contribution in [1.29, 1.82) is 0 Å². The topological polar surface area (TPSA) is 74.0 Å². The lowest BCUT2D eigenvalue weighted by Crippen LogP contribution is -2.44. The molecule has 1 aliphatic rings. The van der Waals surface area contributed by atoms with Gasteiger partial charge in [-0.1, -0.05) is 41.9 Å². The first-order chi connectivity index (χ1) is 15.5. The van der Waals surface area contributed by atoms with Gasteiger partial charge in [0.15, 0.2) is 5.78 Å². The Labute approximate surface area is 194 Å². The predicted octanol–water partition coefficient (Wildman–Crippen LogP) is 5.20. The summed E-state index contributed by atoms with van der Waals surface area (Å²) in [6.07, 6.45) is 0.695. The number of thiophene rings is 1. The van der Waals surface area contributed by atoms with Crippen LogP contribution in [0.3, 0.4) is 0 Å². The highest BCUT2D eigenvalue weighted by molar-refractivity contribution is 7.10. The van der Waals surface area contributed by atoms with Crippen LogP contribution in [0.15, 0.2) is 66.0 Å². The van der Waals surface area contributed by atoms with E-state index in [9.17, 15) is 9.59 Å². The molecule has 0 bridgehead atoms. The first-order valence-electron chi connectivity index (χ1n) is 10.5. The Balaban J connectivity index is 1.42. The number of ketones is 1. The first kappa shape index (κ1) is 20.9. The fraction of sp³-hybridized carbons (Fsp3) is 0.200. The number of aromatic amines is 1. The van der Waals surface area contributed by atoms with Gasteiger partial charge < -0.3 is 10.3 Å². The molecule has 0 saturated carbocycles. The number of benzene rings is 2. The standard InChI is InChI=1S/C25H22ClN3O2S/c1-14(30)23(22-7-4-10-32-22)29-24-18-6-3-2-5-15(18)12-20(24)28-25(31)21-13-16-11-17(26)8-9-19(16)27-21/h2-11,13,20,23-24,27,29H,12H2,1H3,(H,28,31)/t20-,23?,24-/m0/s1. The van der Waals surface area contributed by atoms with Gasteiger partial charge in [-0.05, 0) is 60.2 Å². The molecule has 7 heteroatoms. The third kappa shape index (κ3) is 3.97. The summed E-state index contributed by atoms with van der Waals surface area (Å²) in [7, 11) is 0. The molecule has 1 aliphatic carbocycles. The zero-order valence-corrected chi connectivity index (χ0v) is 19.0. The number of carbonyl (C=O) groups is 2. The lowest BCUT2D eigenvalue weighted by molar-refractivity contribution is -0.119. The molecular formula is C25H22ClN3O2S. The summed E-state index contributed by atoms with van der Waals surface area (Å²) in [6, 6.07) is 18.6. The average Bonchev–Trinajstić information content (AvgIpc) is 3.50. The van der Waals surface area contributed by atoms with E-state index in [1.54, 1.807) is 24.3 Å². The van der Waals surface area contributed by atoms with Crippen molar-refractivity contribution in [3.63, 3.8) is 0 Å². The molecule has 1 unspecified atom stereocenters. The number of carbonyl (C=O) groups excluding carboxylic acids is 2. The van der Waals surface area contributed by atoms with Crippen LogP contribution >= 0.6 is 22.9 Å². The van der Waals surface area contributed by atoms with Gasteiger partial charge in [0.05, 0.1) is 12.1 Å². The van der Waals surface area contributed by atoms with Crippen LogP contribution in [-0.2, 0) is 11.2 Å². The molecule has 5 rings (SSSR count). The molecule has 3 N–H and O–H groups in total. The highest BCUT2D eigenvalue weighted by Crippen LogP contribution is 2.34. The Morgan fingerprint density at radius 2 is 1.97 bits per heavy atom. The van der Waals surface area contributed by atoms with Crippen LogP contribution in [-0.4, -0.2) is 22.7 Å². The molecule has 5 nitrogen and oxygen atoms in total. The third-order valence-electron chi connectivity index (χ3n) is 5.96. The van der Waals surface area contributed by atoms with E-state index in [0.29, 0.717) is 17.1 Å². The Kier molecular flexibility index (Phi) is 5.59. The highest BCUT2D eigenvalue weighted by atomic mass is 35.5. The number of aromatic nitrogens is 1. The van der Waals surface area contributed by atoms with E-state index in [1.807, 2.05) is 47.8 Å². The minimum absolute atomic E-state index is 0.0504. The fourth-order valence-electron chi connectivity index (χ4n) is 4.44. The molecule has 4 aromatic rings.